The van der Waals surface area contributed by atoms with Crippen LogP contribution in [0, 0.1) is 0 Å². The van der Waals surface area contributed by atoms with Crippen molar-refractivity contribution in [3.05, 3.63) is 143 Å². The number of hydrogen-bond donors (Lipinski definition) is 3. The van der Waals surface area contributed by atoms with Crippen molar-refractivity contribution in [3.63, 3.8) is 0 Å². The van der Waals surface area contributed by atoms with Gasteiger partial charge in [-0.05, 0) is 125 Å². The minimum atomic E-state index is -4.62. The van der Waals surface area contributed by atoms with Gasteiger partial charge in [0.25, 0.3) is 5.91 Å². The van der Waals surface area contributed by atoms with Gasteiger partial charge in [-0.15, -0.1) is 0 Å². The van der Waals surface area contributed by atoms with Crippen molar-refractivity contribution in [1.82, 2.24) is 29.8 Å². The molecule has 0 saturated carbocycles. The second-order valence-corrected chi connectivity index (χ2v) is 18.8. The molecule has 0 aliphatic carbocycles. The molecule has 6 aromatic rings. The van der Waals surface area contributed by atoms with E-state index in [0.29, 0.717) is 42.3 Å². The highest BCUT2D eigenvalue weighted by molar-refractivity contribution is 6.02. The summed E-state index contributed by atoms with van der Waals surface area (Å²) in [7, 11) is 2.85. The van der Waals surface area contributed by atoms with Crippen LogP contribution < -0.4 is 24.6 Å². The maximum absolute atomic E-state index is 13.7. The summed E-state index contributed by atoms with van der Waals surface area (Å²) in [6.07, 6.45) is -10.0. The number of fused-ring (bicyclic) bond motifs is 2. The molecular formula is C53H54F6N8O10. The number of nitrogens with one attached hydrogen (secondary N) is 1. The molecule has 4 heterocycles. The number of halogens is 6. The minimum absolute atomic E-state index is 0.0742. The Morgan fingerprint density at radius 3 is 1.45 bits per heavy atom. The maximum Gasteiger partial charge on any atom is 0.433 e. The van der Waals surface area contributed by atoms with Gasteiger partial charge in [-0.2, -0.15) is 36.5 Å². The Kier molecular flexibility index (Phi) is 17.0. The first-order valence-corrected chi connectivity index (χ1v) is 23.9. The fourth-order valence-electron chi connectivity index (χ4n) is 8.52. The number of alkyl halides is 6. The van der Waals surface area contributed by atoms with E-state index < -0.39 is 71.8 Å². The van der Waals surface area contributed by atoms with E-state index in [4.69, 9.17) is 19.3 Å². The van der Waals surface area contributed by atoms with Gasteiger partial charge in [0.15, 0.2) is 0 Å². The third-order valence-electron chi connectivity index (χ3n) is 12.1. The van der Waals surface area contributed by atoms with Crippen LogP contribution >= 0.6 is 0 Å². The topological polar surface area (TPSA) is 211 Å². The number of benzene rings is 4. The lowest BCUT2D eigenvalue weighted by atomic mass is 10.1. The Labute approximate surface area is 437 Å². The lowest BCUT2D eigenvalue weighted by Gasteiger charge is -2.31. The molecule has 2 atom stereocenters. The molecule has 0 bridgehead atoms. The van der Waals surface area contributed by atoms with E-state index in [9.17, 15) is 55.4 Å². The smallest absolute Gasteiger partial charge is 0.433 e. The van der Waals surface area contributed by atoms with Gasteiger partial charge in [-0.25, -0.2) is 14.2 Å². The summed E-state index contributed by atoms with van der Waals surface area (Å²) < 4.78 is 100. The lowest BCUT2D eigenvalue weighted by molar-refractivity contribution is -0.143. The molecule has 18 nitrogen and oxygen atoms in total. The third kappa shape index (κ3) is 13.9. The second kappa shape index (κ2) is 23.2. The van der Waals surface area contributed by atoms with Gasteiger partial charge in [0.1, 0.15) is 59.1 Å². The van der Waals surface area contributed by atoms with E-state index in [1.165, 1.54) is 48.2 Å². The van der Waals surface area contributed by atoms with Crippen molar-refractivity contribution in [3.8, 4) is 22.9 Å². The van der Waals surface area contributed by atoms with Crippen LogP contribution in [0.1, 0.15) is 67.5 Å². The Balaban J connectivity index is 0.000000227. The van der Waals surface area contributed by atoms with Crippen molar-refractivity contribution in [2.75, 3.05) is 37.0 Å². The van der Waals surface area contributed by atoms with Gasteiger partial charge in [0, 0.05) is 31.5 Å². The number of rotatable bonds is 16. The van der Waals surface area contributed by atoms with E-state index in [2.05, 4.69) is 15.5 Å². The molecule has 24 heteroatoms. The quantitative estimate of drug-likeness (QED) is 0.0778. The lowest BCUT2D eigenvalue weighted by Crippen LogP contribution is -2.51. The largest absolute Gasteiger partial charge is 0.487 e. The summed E-state index contributed by atoms with van der Waals surface area (Å²) in [5.41, 5.74) is 0.796. The van der Waals surface area contributed by atoms with E-state index in [-0.39, 0.29) is 54.8 Å². The van der Waals surface area contributed by atoms with Crippen molar-refractivity contribution >= 4 is 41.2 Å². The first-order valence-electron chi connectivity index (χ1n) is 23.9. The van der Waals surface area contributed by atoms with Gasteiger partial charge in [-0.1, -0.05) is 36.4 Å². The van der Waals surface area contributed by atoms with E-state index in [1.807, 2.05) is 0 Å². The van der Waals surface area contributed by atoms with Crippen LogP contribution in [0.2, 0.25) is 0 Å². The number of carbonyl (C=O) groups is 5. The van der Waals surface area contributed by atoms with E-state index >= 15 is 0 Å². The molecule has 2 aliphatic heterocycles. The Bertz CT molecular complexity index is 3100. The molecule has 3 N–H and O–H groups in total. The summed E-state index contributed by atoms with van der Waals surface area (Å²) >= 11 is 0. The van der Waals surface area contributed by atoms with Crippen molar-refractivity contribution in [1.29, 1.82) is 0 Å². The number of aromatic nitrogens is 4. The van der Waals surface area contributed by atoms with Crippen LogP contribution in [0.4, 0.5) is 42.5 Å². The highest BCUT2D eigenvalue weighted by Crippen LogP contribution is 2.37. The fourth-order valence-corrected chi connectivity index (χ4v) is 8.52. The Morgan fingerprint density at radius 1 is 0.636 bits per heavy atom. The van der Waals surface area contributed by atoms with Crippen LogP contribution in [0.25, 0.3) is 11.4 Å². The maximum atomic E-state index is 13.7. The summed E-state index contributed by atoms with van der Waals surface area (Å²) in [6.45, 7) is 5.21. The number of likely N-dealkylation sites (N-methyl/N-ethyl adjacent to an activating group) is 2. The average molecular weight is 1080 g/mol. The first-order chi connectivity index (χ1) is 36.3. The van der Waals surface area contributed by atoms with Gasteiger partial charge in [-0.3, -0.25) is 24.1 Å². The summed E-state index contributed by atoms with van der Waals surface area (Å²) in [6, 6.07) is 25.6. The highest BCUT2D eigenvalue weighted by atomic mass is 19.4. The Hall–Kier alpha value is -8.41. The molecular weight excluding hydrogens is 1020 g/mol. The molecule has 0 saturated heterocycles. The molecule has 2 aromatic heterocycles. The normalized spacial score (nSPS) is 13.9. The van der Waals surface area contributed by atoms with Gasteiger partial charge < -0.3 is 39.5 Å². The molecule has 4 aromatic carbocycles. The SMILES string of the molecule is CN(C(=O)OC(C)(C)C)[C@H](CC(=O)O)C(=O)N1CCc2cc(OCc3cc(C(F)(F)F)n(-c4ccccc4)n3)ccc21.CN[C@H](CC(=O)O)C(=O)N1CCc2cc(OCc3cc(C(F)(F)F)n(-c4ccccc4)n3)ccc21. The number of aliphatic carboxylic acids is 2. The number of carboxylic acids is 2. The molecule has 2 aliphatic rings. The van der Waals surface area contributed by atoms with Crippen LogP contribution in [-0.4, -0.2) is 109 Å². The van der Waals surface area contributed by atoms with Gasteiger partial charge in [0.05, 0.1) is 30.3 Å². The van der Waals surface area contributed by atoms with Crippen molar-refractivity contribution in [2.45, 2.75) is 89.7 Å². The van der Waals surface area contributed by atoms with Crippen molar-refractivity contribution < 1.29 is 74.7 Å². The predicted molar refractivity (Wildman–Crippen MR) is 266 cm³/mol. The van der Waals surface area contributed by atoms with Crippen LogP contribution in [0.5, 0.6) is 11.5 Å². The Morgan fingerprint density at radius 2 is 1.06 bits per heavy atom. The molecule has 408 valence electrons. The van der Waals surface area contributed by atoms with Crippen LogP contribution in [-0.2, 0) is 62.3 Å². The van der Waals surface area contributed by atoms with Gasteiger partial charge >= 0.3 is 30.4 Å². The van der Waals surface area contributed by atoms with Crippen LogP contribution in [0.3, 0.4) is 0 Å². The molecule has 0 radical (unpaired) electrons. The van der Waals surface area contributed by atoms with Crippen LogP contribution in [0.15, 0.2) is 109 Å². The molecule has 0 spiro atoms. The second-order valence-electron chi connectivity index (χ2n) is 18.8. The first kappa shape index (κ1) is 56.3. The van der Waals surface area contributed by atoms with Crippen molar-refractivity contribution in [2.24, 2.45) is 0 Å². The summed E-state index contributed by atoms with van der Waals surface area (Å²) in [4.78, 5) is 65.3. The fraction of sp³-hybridized carbons (Fsp3) is 0.340. The minimum Gasteiger partial charge on any atom is -0.487 e. The molecule has 0 unspecified atom stereocenters. The number of para-hydroxylation sites is 2. The third-order valence-corrected chi connectivity index (χ3v) is 12.1. The zero-order valence-corrected chi connectivity index (χ0v) is 42.3. The zero-order chi connectivity index (χ0) is 56.0. The van der Waals surface area contributed by atoms with E-state index in [0.717, 1.165) is 37.5 Å². The number of carbonyl (C=O) groups excluding carboxylic acids is 3. The number of nitrogens with zero attached hydrogens (tertiary/aromatic N) is 7. The predicted octanol–water partition coefficient (Wildman–Crippen LogP) is 8.49. The number of hydrogen-bond acceptors (Lipinski definition) is 11. The molecule has 0 fully saturated rings. The summed E-state index contributed by atoms with van der Waals surface area (Å²) in [5, 5.41) is 29.4. The number of anilines is 2. The highest BCUT2D eigenvalue weighted by Gasteiger charge is 2.40. The molecule has 77 heavy (non-hydrogen) atoms. The number of carboxylic acid groups (broad SMARTS) is 2. The summed E-state index contributed by atoms with van der Waals surface area (Å²) in [5.74, 6) is -2.47. The molecule has 8 rings (SSSR count). The standard InChI is InChI=1S/C29H31F3N4O6.C24H23F3N4O4/c1-28(2,3)42-27(40)34(4)23(16-25(37)38)26(39)35-13-12-18-14-21(10-11-22(18)35)41-17-19-15-24(29(30,31)32)36(33-19)20-8-6-5-7-9-20;1-28-19(13-22(32)33)23(34)30-10-9-15-11-18(7-8-20(15)30)35-14-16-12-21(24(25,26)27)31(29-16)17-5-3-2-4-6-17/h5-11,14-15,23H,12-13,16-17H2,1-4H3,(H,37,38);2-8,11-12,19,28H,9-10,13-14H2,1H3,(H,32,33)/t23-;19-/m11/s1. The molecule has 3 amide bonds. The van der Waals surface area contributed by atoms with Gasteiger partial charge in [0.2, 0.25) is 5.91 Å². The average Bonchev–Trinajstić information content (AvgIpc) is 4.20. The monoisotopic (exact) mass is 1080 g/mol. The number of amides is 3. The van der Waals surface area contributed by atoms with E-state index in [1.54, 1.807) is 93.6 Å². The number of ether oxygens (including phenoxy) is 3. The zero-order valence-electron chi connectivity index (χ0n) is 42.3.